The van der Waals surface area contributed by atoms with E-state index in [2.05, 4.69) is 10.3 Å². The van der Waals surface area contributed by atoms with E-state index < -0.39 is 0 Å². The number of nitrogens with one attached hydrogen (secondary N) is 1. The maximum Gasteiger partial charge on any atom is 0.257 e. The minimum absolute atomic E-state index is 0.0689. The van der Waals surface area contributed by atoms with Crippen LogP contribution in [0.2, 0.25) is 0 Å². The zero-order valence-corrected chi connectivity index (χ0v) is 14.8. The Morgan fingerprint density at radius 1 is 1.17 bits per heavy atom. The van der Waals surface area contributed by atoms with Gasteiger partial charge in [-0.3, -0.25) is 19.8 Å². The van der Waals surface area contributed by atoms with Crippen molar-refractivity contribution in [3.05, 3.63) is 58.4 Å². The third-order valence-corrected chi connectivity index (χ3v) is 4.94. The smallest absolute Gasteiger partial charge is 0.257 e. The minimum atomic E-state index is -0.218. The van der Waals surface area contributed by atoms with Gasteiger partial charge in [0.2, 0.25) is 5.91 Å². The summed E-state index contributed by atoms with van der Waals surface area (Å²) in [5, 5.41) is 7.90. The number of benzene rings is 1. The summed E-state index contributed by atoms with van der Waals surface area (Å²) in [5.74, 6) is -0.286. The topological polar surface area (TPSA) is 62.3 Å². The van der Waals surface area contributed by atoms with Crippen molar-refractivity contribution in [2.75, 3.05) is 10.2 Å². The number of rotatable bonds is 4. The monoisotopic (exact) mass is 357 g/mol. The number of thiazole rings is 1. The second kappa shape index (κ2) is 6.94. The lowest BCUT2D eigenvalue weighted by molar-refractivity contribution is -0.115. The maximum atomic E-state index is 12.3. The number of thiophene rings is 1. The van der Waals surface area contributed by atoms with E-state index in [1.54, 1.807) is 34.7 Å². The van der Waals surface area contributed by atoms with Crippen LogP contribution in [0.15, 0.2) is 47.3 Å². The number of anilines is 3. The molecule has 0 atom stereocenters. The van der Waals surface area contributed by atoms with Crippen molar-refractivity contribution in [3.63, 3.8) is 0 Å². The Kier molecular flexibility index (Phi) is 4.73. The van der Waals surface area contributed by atoms with Crippen molar-refractivity contribution < 1.29 is 9.59 Å². The third kappa shape index (κ3) is 3.37. The quantitative estimate of drug-likeness (QED) is 0.750. The summed E-state index contributed by atoms with van der Waals surface area (Å²) < 4.78 is 0. The van der Waals surface area contributed by atoms with Crippen molar-refractivity contribution in [2.24, 2.45) is 0 Å². The van der Waals surface area contributed by atoms with E-state index in [-0.39, 0.29) is 11.8 Å². The molecule has 0 saturated heterocycles. The molecule has 3 aromatic rings. The summed E-state index contributed by atoms with van der Waals surface area (Å²) in [5.41, 5.74) is 2.15. The molecule has 0 radical (unpaired) electrons. The summed E-state index contributed by atoms with van der Waals surface area (Å²) in [6, 6.07) is 9.10. The molecular weight excluding hydrogens is 342 g/mol. The van der Waals surface area contributed by atoms with Crippen LogP contribution in [0.1, 0.15) is 22.8 Å². The van der Waals surface area contributed by atoms with Crippen LogP contribution in [0.3, 0.4) is 0 Å². The molecule has 122 valence electrons. The molecule has 0 fully saturated rings. The van der Waals surface area contributed by atoms with Gasteiger partial charge >= 0.3 is 0 Å². The Hall–Kier alpha value is -2.51. The highest BCUT2D eigenvalue weighted by Crippen LogP contribution is 2.32. The lowest BCUT2D eigenvalue weighted by Crippen LogP contribution is -2.23. The summed E-state index contributed by atoms with van der Waals surface area (Å²) in [4.78, 5) is 30.1. The van der Waals surface area contributed by atoms with E-state index >= 15 is 0 Å². The number of hydrogen-bond donors (Lipinski definition) is 1. The van der Waals surface area contributed by atoms with Crippen molar-refractivity contribution in [2.45, 2.75) is 13.8 Å². The molecule has 24 heavy (non-hydrogen) atoms. The minimum Gasteiger partial charge on any atom is -0.298 e. The SMILES string of the molecule is CC(=O)N(c1cccs1)c1ccc(C(=O)Nc2nccs2)cc1C. The summed E-state index contributed by atoms with van der Waals surface area (Å²) >= 11 is 2.86. The van der Waals surface area contributed by atoms with E-state index in [0.717, 1.165) is 16.3 Å². The molecule has 1 N–H and O–H groups in total. The lowest BCUT2D eigenvalue weighted by atomic mass is 10.1. The second-order valence-corrected chi connectivity index (χ2v) is 6.92. The molecule has 0 unspecified atom stereocenters. The highest BCUT2D eigenvalue weighted by Gasteiger charge is 2.18. The highest BCUT2D eigenvalue weighted by molar-refractivity contribution is 7.14. The second-order valence-electron chi connectivity index (χ2n) is 5.10. The molecule has 0 aliphatic rings. The van der Waals surface area contributed by atoms with Crippen molar-refractivity contribution in [1.29, 1.82) is 0 Å². The fraction of sp³-hybridized carbons (Fsp3) is 0.118. The van der Waals surface area contributed by atoms with Crippen LogP contribution in [0, 0.1) is 6.92 Å². The lowest BCUT2D eigenvalue weighted by Gasteiger charge is -2.21. The van der Waals surface area contributed by atoms with Gasteiger partial charge in [-0.25, -0.2) is 4.98 Å². The van der Waals surface area contributed by atoms with E-state index in [1.165, 1.54) is 29.6 Å². The molecule has 0 spiro atoms. The van der Waals surface area contributed by atoms with Gasteiger partial charge < -0.3 is 0 Å². The zero-order valence-electron chi connectivity index (χ0n) is 13.1. The molecular formula is C17H15N3O2S2. The molecule has 0 bridgehead atoms. The molecule has 2 aromatic heterocycles. The number of carbonyl (C=O) groups excluding carboxylic acids is 2. The number of nitrogens with zero attached hydrogens (tertiary/aromatic N) is 2. The zero-order chi connectivity index (χ0) is 17.1. The molecule has 0 saturated carbocycles. The molecule has 2 amide bonds. The maximum absolute atomic E-state index is 12.3. The van der Waals surface area contributed by atoms with Crippen molar-refractivity contribution in [3.8, 4) is 0 Å². The average molecular weight is 357 g/mol. The van der Waals surface area contributed by atoms with Gasteiger partial charge in [0, 0.05) is 24.1 Å². The molecule has 5 nitrogen and oxygen atoms in total. The van der Waals surface area contributed by atoms with Crippen molar-refractivity contribution >= 4 is 50.3 Å². The molecule has 2 heterocycles. The summed E-state index contributed by atoms with van der Waals surface area (Å²) in [7, 11) is 0. The van der Waals surface area contributed by atoms with Crippen LogP contribution in [-0.4, -0.2) is 16.8 Å². The Bertz CT molecular complexity index is 858. The Balaban J connectivity index is 1.89. The van der Waals surface area contributed by atoms with Crippen molar-refractivity contribution in [1.82, 2.24) is 4.98 Å². The molecule has 0 aliphatic carbocycles. The first-order valence-corrected chi connectivity index (χ1v) is 8.98. The van der Waals surface area contributed by atoms with Crippen LogP contribution < -0.4 is 10.2 Å². The van der Waals surface area contributed by atoms with Gasteiger partial charge in [-0.1, -0.05) is 0 Å². The molecule has 0 aliphatic heterocycles. The van der Waals surface area contributed by atoms with Crippen LogP contribution in [0.4, 0.5) is 15.8 Å². The van der Waals surface area contributed by atoms with Crippen LogP contribution in [-0.2, 0) is 4.79 Å². The Labute approximate surface area is 147 Å². The standard InChI is InChI=1S/C17H15N3O2S2/c1-11-10-13(16(22)19-17-18-7-9-24-17)5-6-14(11)20(12(2)21)15-4-3-8-23-15/h3-10H,1-2H3,(H,18,19,22). The first-order chi connectivity index (χ1) is 11.6. The average Bonchev–Trinajstić information content (AvgIpc) is 3.22. The number of amides is 2. The number of hydrogen-bond acceptors (Lipinski definition) is 5. The largest absolute Gasteiger partial charge is 0.298 e. The fourth-order valence-electron chi connectivity index (χ4n) is 2.34. The van der Waals surface area contributed by atoms with E-state index in [1.807, 2.05) is 24.4 Å². The number of carbonyl (C=O) groups is 2. The number of aromatic nitrogens is 1. The molecule has 3 rings (SSSR count). The normalized spacial score (nSPS) is 10.4. The highest BCUT2D eigenvalue weighted by atomic mass is 32.1. The fourth-order valence-corrected chi connectivity index (χ4v) is 3.65. The van der Waals surface area contributed by atoms with Gasteiger partial charge in [0.05, 0.1) is 5.69 Å². The summed E-state index contributed by atoms with van der Waals surface area (Å²) in [6.07, 6.45) is 1.64. The first kappa shape index (κ1) is 16.4. The third-order valence-electron chi connectivity index (χ3n) is 3.39. The summed E-state index contributed by atoms with van der Waals surface area (Å²) in [6.45, 7) is 3.42. The number of aryl methyl sites for hydroxylation is 1. The first-order valence-electron chi connectivity index (χ1n) is 7.22. The Morgan fingerprint density at radius 3 is 2.58 bits per heavy atom. The van der Waals surface area contributed by atoms with Crippen LogP contribution in [0.5, 0.6) is 0 Å². The predicted molar refractivity (Wildman–Crippen MR) is 98.4 cm³/mol. The van der Waals surface area contributed by atoms with Gasteiger partial charge in [0.25, 0.3) is 5.91 Å². The molecule has 1 aromatic carbocycles. The predicted octanol–water partition coefficient (Wildman–Crippen LogP) is 4.45. The van der Waals surface area contributed by atoms with Gasteiger partial charge in [-0.15, -0.1) is 22.7 Å². The van der Waals surface area contributed by atoms with Crippen LogP contribution in [0.25, 0.3) is 0 Å². The van der Waals surface area contributed by atoms with E-state index in [4.69, 9.17) is 0 Å². The Morgan fingerprint density at radius 2 is 2.00 bits per heavy atom. The van der Waals surface area contributed by atoms with Gasteiger partial charge in [-0.05, 0) is 48.2 Å². The van der Waals surface area contributed by atoms with Gasteiger partial charge in [-0.2, -0.15) is 0 Å². The van der Waals surface area contributed by atoms with Gasteiger partial charge in [0.1, 0.15) is 5.00 Å². The van der Waals surface area contributed by atoms with E-state index in [0.29, 0.717) is 10.7 Å². The molecule has 7 heteroatoms. The van der Waals surface area contributed by atoms with Crippen LogP contribution >= 0.6 is 22.7 Å². The van der Waals surface area contributed by atoms with E-state index in [9.17, 15) is 9.59 Å². The van der Waals surface area contributed by atoms with Gasteiger partial charge in [0.15, 0.2) is 5.13 Å².